The third-order valence-electron chi connectivity index (χ3n) is 3.73. The normalized spacial score (nSPS) is 17.7. The van der Waals surface area contributed by atoms with Gasteiger partial charge in [-0.2, -0.15) is 0 Å². The van der Waals surface area contributed by atoms with Crippen molar-refractivity contribution in [2.45, 2.75) is 12.5 Å². The Morgan fingerprint density at radius 1 is 1.00 bits per heavy atom. The van der Waals surface area contributed by atoms with E-state index in [4.69, 9.17) is 0 Å². The lowest BCUT2D eigenvalue weighted by atomic mass is 10.0. The van der Waals surface area contributed by atoms with Crippen molar-refractivity contribution >= 4 is 11.2 Å². The molecule has 3 heterocycles. The van der Waals surface area contributed by atoms with Crippen molar-refractivity contribution in [1.82, 2.24) is 4.40 Å². The number of nitrogens with zero attached hydrogens (tertiary/aromatic N) is 1. The van der Waals surface area contributed by atoms with Crippen LogP contribution in [-0.2, 0) is 6.42 Å². The van der Waals surface area contributed by atoms with Gasteiger partial charge in [0.15, 0.2) is 0 Å². The van der Waals surface area contributed by atoms with E-state index < -0.39 is 0 Å². The molecule has 0 fully saturated rings. The van der Waals surface area contributed by atoms with Crippen LogP contribution in [-0.4, -0.2) is 4.40 Å². The highest BCUT2D eigenvalue weighted by Crippen LogP contribution is 2.34. The summed E-state index contributed by atoms with van der Waals surface area (Å²) in [6.45, 7) is 0. The summed E-state index contributed by atoms with van der Waals surface area (Å²) in [4.78, 5) is 0. The number of hydrogen-bond acceptors (Lipinski definition) is 1. The summed E-state index contributed by atoms with van der Waals surface area (Å²) in [7, 11) is 0. The van der Waals surface area contributed by atoms with E-state index in [0.717, 1.165) is 6.42 Å². The van der Waals surface area contributed by atoms with Gasteiger partial charge in [-0.3, -0.25) is 0 Å². The van der Waals surface area contributed by atoms with Crippen molar-refractivity contribution in [3.8, 4) is 0 Å². The first-order chi connectivity index (χ1) is 8.90. The zero-order chi connectivity index (χ0) is 11.9. The molecule has 88 valence electrons. The van der Waals surface area contributed by atoms with E-state index in [-0.39, 0.29) is 0 Å². The van der Waals surface area contributed by atoms with Crippen LogP contribution in [0.3, 0.4) is 0 Å². The Bertz CT molecular complexity index is 687. The molecule has 2 aromatic heterocycles. The predicted octanol–water partition coefficient (Wildman–Crippen LogP) is 3.65. The summed E-state index contributed by atoms with van der Waals surface area (Å²) < 4.78 is 2.14. The van der Waals surface area contributed by atoms with Gasteiger partial charge >= 0.3 is 0 Å². The summed E-state index contributed by atoms with van der Waals surface area (Å²) in [5.41, 5.74) is 5.30. The molecule has 0 aliphatic carbocycles. The van der Waals surface area contributed by atoms with Crippen molar-refractivity contribution in [3.63, 3.8) is 0 Å². The molecule has 1 N–H and O–H groups in total. The van der Waals surface area contributed by atoms with Gasteiger partial charge in [0.05, 0.1) is 6.04 Å². The molecule has 4 rings (SSSR count). The van der Waals surface area contributed by atoms with Gasteiger partial charge < -0.3 is 9.72 Å². The molecule has 1 aromatic carbocycles. The summed E-state index contributed by atoms with van der Waals surface area (Å²) >= 11 is 0. The van der Waals surface area contributed by atoms with Crippen LogP contribution in [0.5, 0.6) is 0 Å². The number of rotatable bonds is 1. The number of pyridine rings is 1. The Labute approximate surface area is 106 Å². The third-order valence-corrected chi connectivity index (χ3v) is 3.73. The molecular weight excluding hydrogens is 220 g/mol. The van der Waals surface area contributed by atoms with Gasteiger partial charge in [-0.25, -0.2) is 0 Å². The second kappa shape index (κ2) is 3.64. The Kier molecular flexibility index (Phi) is 1.97. The number of fused-ring (bicyclic) bond motifs is 2. The van der Waals surface area contributed by atoms with E-state index in [1.807, 2.05) is 0 Å². The first-order valence-corrected chi connectivity index (χ1v) is 6.31. The summed E-state index contributed by atoms with van der Waals surface area (Å²) in [5.74, 6) is 0. The Balaban J connectivity index is 1.73. The standard InChI is InChI=1S/C16H14N2/c1-2-6-15-12(4-1)11-16(17-15)13-7-9-18-8-3-5-14(18)10-13/h1-10,16-17H,11H2. The van der Waals surface area contributed by atoms with Crippen molar-refractivity contribution in [2.75, 3.05) is 5.32 Å². The lowest BCUT2D eigenvalue weighted by Gasteiger charge is -2.12. The lowest BCUT2D eigenvalue weighted by Crippen LogP contribution is -2.05. The average Bonchev–Trinajstić information content (AvgIpc) is 3.04. The molecule has 2 nitrogen and oxygen atoms in total. The molecule has 0 saturated heterocycles. The van der Waals surface area contributed by atoms with Gasteiger partial charge in [-0.15, -0.1) is 0 Å². The average molecular weight is 234 g/mol. The van der Waals surface area contributed by atoms with E-state index >= 15 is 0 Å². The van der Waals surface area contributed by atoms with Gasteiger partial charge in [-0.1, -0.05) is 18.2 Å². The smallest absolute Gasteiger partial charge is 0.0556 e. The van der Waals surface area contributed by atoms with Crippen molar-refractivity contribution in [2.24, 2.45) is 0 Å². The second-order valence-electron chi connectivity index (χ2n) is 4.86. The van der Waals surface area contributed by atoms with Crippen LogP contribution in [0.25, 0.3) is 5.52 Å². The lowest BCUT2D eigenvalue weighted by molar-refractivity contribution is 0.822. The Hall–Kier alpha value is -2.22. The third kappa shape index (κ3) is 1.42. The molecule has 3 aromatic rings. The summed E-state index contributed by atoms with van der Waals surface area (Å²) in [6.07, 6.45) is 5.29. The van der Waals surface area contributed by atoms with Crippen LogP contribution >= 0.6 is 0 Å². The molecule has 0 bridgehead atoms. The van der Waals surface area contributed by atoms with E-state index in [0.29, 0.717) is 6.04 Å². The number of nitrogens with one attached hydrogen (secondary N) is 1. The van der Waals surface area contributed by atoms with E-state index in [1.54, 1.807) is 0 Å². The monoisotopic (exact) mass is 234 g/mol. The van der Waals surface area contributed by atoms with Gasteiger partial charge in [0.2, 0.25) is 0 Å². The van der Waals surface area contributed by atoms with Gasteiger partial charge in [0.1, 0.15) is 0 Å². The van der Waals surface area contributed by atoms with Crippen molar-refractivity contribution in [1.29, 1.82) is 0 Å². The van der Waals surface area contributed by atoms with Crippen LogP contribution in [0.2, 0.25) is 0 Å². The first-order valence-electron chi connectivity index (χ1n) is 6.31. The Morgan fingerprint density at radius 2 is 1.94 bits per heavy atom. The molecule has 0 saturated carbocycles. The quantitative estimate of drug-likeness (QED) is 0.680. The SMILES string of the molecule is c1ccc2c(c1)CC(c1ccn3cccc3c1)N2. The fraction of sp³-hybridized carbons (Fsp3) is 0.125. The van der Waals surface area contributed by atoms with Crippen LogP contribution in [0.15, 0.2) is 60.9 Å². The summed E-state index contributed by atoms with van der Waals surface area (Å²) in [5, 5.41) is 3.60. The number of para-hydroxylation sites is 1. The molecule has 18 heavy (non-hydrogen) atoms. The maximum atomic E-state index is 3.60. The van der Waals surface area contributed by atoms with Crippen molar-refractivity contribution < 1.29 is 0 Å². The molecule has 0 radical (unpaired) electrons. The zero-order valence-corrected chi connectivity index (χ0v) is 10.0. The maximum absolute atomic E-state index is 3.60. The van der Waals surface area contributed by atoms with Crippen LogP contribution in [0.1, 0.15) is 17.2 Å². The Morgan fingerprint density at radius 3 is 2.89 bits per heavy atom. The molecule has 1 unspecified atom stereocenters. The van der Waals surface area contributed by atoms with Gasteiger partial charge in [0.25, 0.3) is 0 Å². The number of aromatic nitrogens is 1. The zero-order valence-electron chi connectivity index (χ0n) is 10.0. The molecule has 1 aliphatic rings. The molecule has 0 amide bonds. The van der Waals surface area contributed by atoms with E-state index in [9.17, 15) is 0 Å². The highest BCUT2D eigenvalue weighted by Gasteiger charge is 2.21. The molecule has 0 spiro atoms. The topological polar surface area (TPSA) is 16.4 Å². The second-order valence-corrected chi connectivity index (χ2v) is 4.86. The minimum Gasteiger partial charge on any atom is -0.378 e. The van der Waals surface area contributed by atoms with Gasteiger partial charge in [-0.05, 0) is 47.9 Å². The van der Waals surface area contributed by atoms with E-state index in [1.165, 1.54) is 22.3 Å². The van der Waals surface area contributed by atoms with Crippen LogP contribution < -0.4 is 5.32 Å². The largest absolute Gasteiger partial charge is 0.378 e. The minimum atomic E-state index is 0.405. The first kappa shape index (κ1) is 9.77. The van der Waals surface area contributed by atoms with Gasteiger partial charge in [0, 0.05) is 23.6 Å². The minimum absolute atomic E-state index is 0.405. The van der Waals surface area contributed by atoms with Crippen LogP contribution in [0, 0.1) is 0 Å². The van der Waals surface area contributed by atoms with E-state index in [2.05, 4.69) is 70.6 Å². The summed E-state index contributed by atoms with van der Waals surface area (Å²) in [6, 6.07) is 17.7. The fourth-order valence-electron chi connectivity index (χ4n) is 2.77. The highest BCUT2D eigenvalue weighted by atomic mass is 15.0. The predicted molar refractivity (Wildman–Crippen MR) is 73.9 cm³/mol. The number of benzene rings is 1. The molecular formula is C16H14N2. The van der Waals surface area contributed by atoms with Crippen molar-refractivity contribution in [3.05, 3.63) is 72.1 Å². The number of anilines is 1. The van der Waals surface area contributed by atoms with Crippen LogP contribution in [0.4, 0.5) is 5.69 Å². The fourth-order valence-corrected chi connectivity index (χ4v) is 2.77. The molecule has 2 heteroatoms. The highest BCUT2D eigenvalue weighted by molar-refractivity contribution is 5.59. The number of hydrogen-bond donors (Lipinski definition) is 1. The molecule has 1 atom stereocenters. The maximum Gasteiger partial charge on any atom is 0.0556 e. The molecule has 1 aliphatic heterocycles.